The minimum Gasteiger partial charge on any atom is -0.382 e. The molecular weight excluding hydrogens is 234 g/mol. The molecular formula is C13H25NO4. The number of rotatable bonds is 5. The van der Waals surface area contributed by atoms with Crippen LogP contribution in [0.25, 0.3) is 0 Å². The molecule has 18 heavy (non-hydrogen) atoms. The predicted molar refractivity (Wildman–Crippen MR) is 67.8 cm³/mol. The zero-order chi connectivity index (χ0) is 12.6. The van der Waals surface area contributed by atoms with Crippen LogP contribution >= 0.6 is 0 Å². The second-order valence-corrected chi connectivity index (χ2v) is 4.90. The summed E-state index contributed by atoms with van der Waals surface area (Å²) in [5.74, 6) is 0. The van der Waals surface area contributed by atoms with E-state index >= 15 is 0 Å². The van der Waals surface area contributed by atoms with E-state index in [0.717, 1.165) is 45.8 Å². The van der Waals surface area contributed by atoms with Gasteiger partial charge in [0.05, 0.1) is 32.5 Å². The van der Waals surface area contributed by atoms with Gasteiger partial charge in [0.15, 0.2) is 0 Å². The van der Waals surface area contributed by atoms with Crippen molar-refractivity contribution in [3.8, 4) is 0 Å². The van der Waals surface area contributed by atoms with Crippen LogP contribution in [0.3, 0.4) is 0 Å². The number of hydrogen-bond acceptors (Lipinski definition) is 5. The Hall–Kier alpha value is -0.200. The maximum atomic E-state index is 5.80. The molecule has 5 nitrogen and oxygen atoms in total. The number of nitrogens with zero attached hydrogens (tertiary/aromatic N) is 1. The molecule has 0 spiro atoms. The minimum absolute atomic E-state index is 0.172. The zero-order valence-electron chi connectivity index (χ0n) is 11.3. The molecule has 0 unspecified atom stereocenters. The lowest BCUT2D eigenvalue weighted by Crippen LogP contribution is -2.44. The fraction of sp³-hybridized carbons (Fsp3) is 1.00. The van der Waals surface area contributed by atoms with Gasteiger partial charge < -0.3 is 18.9 Å². The van der Waals surface area contributed by atoms with Crippen molar-refractivity contribution < 1.29 is 18.9 Å². The standard InChI is InChI=1S/C13H25NO4/c1-15-8-9-18-13-10-14(4-7-17-11-13)12-2-5-16-6-3-12/h12-13H,2-11H2,1H3/t13-/m1/s1. The number of methoxy groups -OCH3 is 1. The van der Waals surface area contributed by atoms with E-state index in [1.807, 2.05) is 0 Å². The van der Waals surface area contributed by atoms with Gasteiger partial charge in [0.1, 0.15) is 0 Å². The first-order chi connectivity index (χ1) is 8.90. The van der Waals surface area contributed by atoms with Gasteiger partial charge in [0.25, 0.3) is 0 Å². The van der Waals surface area contributed by atoms with Gasteiger partial charge in [-0.05, 0) is 12.8 Å². The van der Waals surface area contributed by atoms with Gasteiger partial charge in [-0.1, -0.05) is 0 Å². The Morgan fingerprint density at radius 2 is 1.94 bits per heavy atom. The molecule has 1 atom stereocenters. The fourth-order valence-electron chi connectivity index (χ4n) is 2.58. The summed E-state index contributed by atoms with van der Waals surface area (Å²) in [6, 6.07) is 0.633. The average molecular weight is 259 g/mol. The molecule has 0 aromatic carbocycles. The van der Waals surface area contributed by atoms with Crippen LogP contribution in [0, 0.1) is 0 Å². The van der Waals surface area contributed by atoms with Crippen LogP contribution in [0.2, 0.25) is 0 Å². The van der Waals surface area contributed by atoms with Crippen LogP contribution in [0.1, 0.15) is 12.8 Å². The molecule has 2 aliphatic heterocycles. The predicted octanol–water partition coefficient (Wildman–Crippen LogP) is 0.529. The first kappa shape index (κ1) is 14.2. The first-order valence-electron chi connectivity index (χ1n) is 6.90. The Morgan fingerprint density at radius 1 is 1.11 bits per heavy atom. The smallest absolute Gasteiger partial charge is 0.0936 e. The van der Waals surface area contributed by atoms with Gasteiger partial charge in [-0.3, -0.25) is 4.90 Å². The van der Waals surface area contributed by atoms with Crippen LogP contribution < -0.4 is 0 Å². The van der Waals surface area contributed by atoms with Crippen molar-refractivity contribution in [1.82, 2.24) is 4.90 Å². The number of ether oxygens (including phenoxy) is 4. The summed E-state index contributed by atoms with van der Waals surface area (Å²) in [6.07, 6.45) is 2.43. The lowest BCUT2D eigenvalue weighted by atomic mass is 10.1. The van der Waals surface area contributed by atoms with E-state index < -0.39 is 0 Å². The molecule has 0 aromatic rings. The third kappa shape index (κ3) is 4.48. The van der Waals surface area contributed by atoms with Gasteiger partial charge in [0, 0.05) is 39.5 Å². The highest BCUT2D eigenvalue weighted by atomic mass is 16.5. The van der Waals surface area contributed by atoms with E-state index in [1.165, 1.54) is 0 Å². The summed E-state index contributed by atoms with van der Waals surface area (Å²) in [5.41, 5.74) is 0. The molecule has 2 aliphatic rings. The van der Waals surface area contributed by atoms with Crippen molar-refractivity contribution in [3.63, 3.8) is 0 Å². The SMILES string of the molecule is COCCO[C@H]1COCCN(C2CCOCC2)C1. The molecule has 2 saturated heterocycles. The van der Waals surface area contributed by atoms with Crippen LogP contribution in [-0.2, 0) is 18.9 Å². The van der Waals surface area contributed by atoms with Crippen molar-refractivity contribution in [3.05, 3.63) is 0 Å². The molecule has 0 amide bonds. The quantitative estimate of drug-likeness (QED) is 0.674. The molecule has 0 radical (unpaired) electrons. The van der Waals surface area contributed by atoms with Gasteiger partial charge >= 0.3 is 0 Å². The molecule has 0 aliphatic carbocycles. The zero-order valence-corrected chi connectivity index (χ0v) is 11.3. The first-order valence-corrected chi connectivity index (χ1v) is 6.90. The molecule has 5 heteroatoms. The van der Waals surface area contributed by atoms with E-state index in [0.29, 0.717) is 25.9 Å². The van der Waals surface area contributed by atoms with Crippen molar-refractivity contribution in [2.75, 3.05) is 59.8 Å². The largest absolute Gasteiger partial charge is 0.382 e. The van der Waals surface area contributed by atoms with Crippen LogP contribution in [0.15, 0.2) is 0 Å². The molecule has 106 valence electrons. The second kappa shape index (κ2) is 8.07. The molecule has 0 aromatic heterocycles. The van der Waals surface area contributed by atoms with Crippen molar-refractivity contribution in [2.45, 2.75) is 25.0 Å². The maximum absolute atomic E-state index is 5.80. The fourth-order valence-corrected chi connectivity index (χ4v) is 2.58. The second-order valence-electron chi connectivity index (χ2n) is 4.90. The van der Waals surface area contributed by atoms with E-state index in [4.69, 9.17) is 18.9 Å². The molecule has 0 bridgehead atoms. The van der Waals surface area contributed by atoms with Gasteiger partial charge in [-0.15, -0.1) is 0 Å². The lowest BCUT2D eigenvalue weighted by molar-refractivity contribution is -0.0322. The topological polar surface area (TPSA) is 40.2 Å². The molecule has 0 N–H and O–H groups in total. The highest BCUT2D eigenvalue weighted by Crippen LogP contribution is 2.17. The highest BCUT2D eigenvalue weighted by Gasteiger charge is 2.26. The lowest BCUT2D eigenvalue weighted by Gasteiger charge is -2.34. The average Bonchev–Trinajstić information content (AvgIpc) is 2.66. The van der Waals surface area contributed by atoms with Crippen LogP contribution in [0.5, 0.6) is 0 Å². The van der Waals surface area contributed by atoms with E-state index in [2.05, 4.69) is 4.90 Å². The van der Waals surface area contributed by atoms with Crippen LogP contribution in [0.4, 0.5) is 0 Å². The number of hydrogen-bond donors (Lipinski definition) is 0. The van der Waals surface area contributed by atoms with Crippen molar-refractivity contribution in [1.29, 1.82) is 0 Å². The van der Waals surface area contributed by atoms with Crippen LogP contribution in [-0.4, -0.2) is 76.9 Å². The molecule has 0 saturated carbocycles. The summed E-state index contributed by atoms with van der Waals surface area (Å²) < 4.78 is 21.9. The highest BCUT2D eigenvalue weighted by molar-refractivity contribution is 4.79. The Balaban J connectivity index is 1.78. The normalized spacial score (nSPS) is 28.2. The van der Waals surface area contributed by atoms with Gasteiger partial charge in [-0.2, -0.15) is 0 Å². The Labute approximate surface area is 109 Å². The van der Waals surface area contributed by atoms with Crippen molar-refractivity contribution in [2.24, 2.45) is 0 Å². The summed E-state index contributed by atoms with van der Waals surface area (Å²) in [5, 5.41) is 0. The summed E-state index contributed by atoms with van der Waals surface area (Å²) in [4.78, 5) is 2.51. The monoisotopic (exact) mass is 259 g/mol. The van der Waals surface area contributed by atoms with E-state index in [1.54, 1.807) is 7.11 Å². The van der Waals surface area contributed by atoms with Gasteiger partial charge in [-0.25, -0.2) is 0 Å². The maximum Gasteiger partial charge on any atom is 0.0936 e. The Kier molecular flexibility index (Phi) is 6.37. The minimum atomic E-state index is 0.172. The third-order valence-electron chi connectivity index (χ3n) is 3.61. The van der Waals surface area contributed by atoms with Gasteiger partial charge in [0.2, 0.25) is 0 Å². The molecule has 2 heterocycles. The third-order valence-corrected chi connectivity index (χ3v) is 3.61. The van der Waals surface area contributed by atoms with E-state index in [-0.39, 0.29) is 6.10 Å². The Bertz CT molecular complexity index is 221. The van der Waals surface area contributed by atoms with E-state index in [9.17, 15) is 0 Å². The summed E-state index contributed by atoms with van der Waals surface area (Å²) >= 11 is 0. The molecule has 2 rings (SSSR count). The molecule has 2 fully saturated rings. The summed E-state index contributed by atoms with van der Waals surface area (Å²) in [6.45, 7) is 6.54. The summed E-state index contributed by atoms with van der Waals surface area (Å²) in [7, 11) is 1.70. The Morgan fingerprint density at radius 3 is 2.72 bits per heavy atom. The van der Waals surface area contributed by atoms with Crippen molar-refractivity contribution >= 4 is 0 Å².